The fraction of sp³-hybridized carbons (Fsp3) is 0.0952. The molecule has 150 valence electrons. The molecule has 0 radical (unpaired) electrons. The summed E-state index contributed by atoms with van der Waals surface area (Å²) in [4.78, 5) is 11.8. The molecule has 8 heteroatoms. The Morgan fingerprint density at radius 3 is 2.31 bits per heavy atom. The van der Waals surface area contributed by atoms with Gasteiger partial charge in [0.05, 0.1) is 28.9 Å². The first-order valence-corrected chi connectivity index (χ1v) is 8.75. The summed E-state index contributed by atoms with van der Waals surface area (Å²) in [5, 5.41) is 2.96. The number of ether oxygens (including phenoxy) is 2. The Kier molecular flexibility index (Phi) is 5.98. The summed E-state index contributed by atoms with van der Waals surface area (Å²) in [7, 11) is 1.30. The standard InChI is InChI=1S/C21H15ClF3NO3/c1-28-20(27)16-4-2-3-5-18(16)26-14-7-9-15(10-8-14)29-19-11-6-13(12-17(19)22)21(23,24)25/h2-12,26H,1H3. The highest BCUT2D eigenvalue weighted by atomic mass is 35.5. The lowest BCUT2D eigenvalue weighted by molar-refractivity contribution is -0.137. The van der Waals surface area contributed by atoms with Gasteiger partial charge >= 0.3 is 12.1 Å². The Bertz CT molecular complexity index is 1020. The van der Waals surface area contributed by atoms with Crippen molar-refractivity contribution in [3.8, 4) is 11.5 Å². The first kappa shape index (κ1) is 20.5. The Balaban J connectivity index is 1.74. The van der Waals surface area contributed by atoms with Crippen LogP contribution in [0.3, 0.4) is 0 Å². The fourth-order valence-corrected chi connectivity index (χ4v) is 2.75. The van der Waals surface area contributed by atoms with Crippen molar-refractivity contribution < 1.29 is 27.4 Å². The number of carbonyl (C=O) groups is 1. The predicted octanol–water partition coefficient (Wildman–Crippen LogP) is 6.68. The fourth-order valence-electron chi connectivity index (χ4n) is 2.53. The van der Waals surface area contributed by atoms with Crippen molar-refractivity contribution in [2.45, 2.75) is 6.18 Å². The molecule has 0 saturated carbocycles. The van der Waals surface area contributed by atoms with E-state index < -0.39 is 17.7 Å². The molecular weight excluding hydrogens is 407 g/mol. The van der Waals surface area contributed by atoms with Crippen molar-refractivity contribution in [1.29, 1.82) is 0 Å². The molecule has 29 heavy (non-hydrogen) atoms. The molecule has 0 aromatic heterocycles. The Morgan fingerprint density at radius 1 is 1.00 bits per heavy atom. The molecule has 4 nitrogen and oxygen atoms in total. The molecule has 3 aromatic carbocycles. The second-order valence-electron chi connectivity index (χ2n) is 5.93. The number of benzene rings is 3. The SMILES string of the molecule is COC(=O)c1ccccc1Nc1ccc(Oc2ccc(C(F)(F)F)cc2Cl)cc1. The van der Waals surface area contributed by atoms with Gasteiger partial charge in [-0.15, -0.1) is 0 Å². The normalized spacial score (nSPS) is 11.1. The maximum absolute atomic E-state index is 12.7. The van der Waals surface area contributed by atoms with Gasteiger partial charge in [0.25, 0.3) is 0 Å². The van der Waals surface area contributed by atoms with E-state index in [1.165, 1.54) is 13.2 Å². The summed E-state index contributed by atoms with van der Waals surface area (Å²) in [6.45, 7) is 0. The van der Waals surface area contributed by atoms with Gasteiger partial charge in [0.15, 0.2) is 0 Å². The molecule has 0 aliphatic carbocycles. The molecule has 3 rings (SSSR count). The molecule has 0 heterocycles. The molecule has 0 bridgehead atoms. The lowest BCUT2D eigenvalue weighted by atomic mass is 10.1. The highest BCUT2D eigenvalue weighted by Crippen LogP contribution is 2.36. The van der Waals surface area contributed by atoms with Gasteiger partial charge in [-0.25, -0.2) is 4.79 Å². The minimum Gasteiger partial charge on any atom is -0.465 e. The summed E-state index contributed by atoms with van der Waals surface area (Å²) >= 11 is 5.90. The zero-order valence-corrected chi connectivity index (χ0v) is 15.8. The van der Waals surface area contributed by atoms with Crippen LogP contribution in [-0.2, 0) is 10.9 Å². The molecule has 0 aliphatic rings. The number of anilines is 2. The first-order valence-electron chi connectivity index (χ1n) is 8.37. The average Bonchev–Trinajstić information content (AvgIpc) is 2.70. The largest absolute Gasteiger partial charge is 0.465 e. The van der Waals surface area contributed by atoms with Crippen LogP contribution in [-0.4, -0.2) is 13.1 Å². The minimum atomic E-state index is -4.48. The lowest BCUT2D eigenvalue weighted by Gasteiger charge is -2.13. The zero-order chi connectivity index (χ0) is 21.0. The van der Waals surface area contributed by atoms with E-state index in [2.05, 4.69) is 5.32 Å². The second kappa shape index (κ2) is 8.45. The van der Waals surface area contributed by atoms with Crippen LogP contribution in [0.5, 0.6) is 11.5 Å². The van der Waals surface area contributed by atoms with E-state index in [-0.39, 0.29) is 10.8 Å². The van der Waals surface area contributed by atoms with Crippen LogP contribution in [0.15, 0.2) is 66.7 Å². The molecule has 0 spiro atoms. The van der Waals surface area contributed by atoms with Crippen molar-refractivity contribution in [3.05, 3.63) is 82.9 Å². The number of carbonyl (C=O) groups excluding carboxylic acids is 1. The lowest BCUT2D eigenvalue weighted by Crippen LogP contribution is -2.05. The van der Waals surface area contributed by atoms with E-state index in [0.29, 0.717) is 22.7 Å². The van der Waals surface area contributed by atoms with Gasteiger partial charge in [-0.3, -0.25) is 0 Å². The van der Waals surface area contributed by atoms with E-state index >= 15 is 0 Å². The van der Waals surface area contributed by atoms with Crippen molar-refractivity contribution in [2.24, 2.45) is 0 Å². The van der Waals surface area contributed by atoms with E-state index in [1.54, 1.807) is 48.5 Å². The third kappa shape index (κ3) is 5.00. The summed E-state index contributed by atoms with van der Waals surface area (Å²) in [5.41, 5.74) is 0.775. The number of hydrogen-bond donors (Lipinski definition) is 1. The van der Waals surface area contributed by atoms with E-state index in [0.717, 1.165) is 12.1 Å². The van der Waals surface area contributed by atoms with Gasteiger partial charge < -0.3 is 14.8 Å². The number of para-hydroxylation sites is 1. The Hall–Kier alpha value is -3.19. The van der Waals surface area contributed by atoms with E-state index in [4.69, 9.17) is 21.1 Å². The monoisotopic (exact) mass is 421 g/mol. The van der Waals surface area contributed by atoms with E-state index in [9.17, 15) is 18.0 Å². The molecule has 0 saturated heterocycles. The molecule has 0 aliphatic heterocycles. The van der Waals surface area contributed by atoms with Crippen molar-refractivity contribution in [1.82, 2.24) is 0 Å². The predicted molar refractivity (Wildman–Crippen MR) is 104 cm³/mol. The van der Waals surface area contributed by atoms with Gasteiger partial charge in [0.2, 0.25) is 0 Å². The maximum Gasteiger partial charge on any atom is 0.416 e. The van der Waals surface area contributed by atoms with Crippen LogP contribution < -0.4 is 10.1 Å². The smallest absolute Gasteiger partial charge is 0.416 e. The maximum atomic E-state index is 12.7. The summed E-state index contributed by atoms with van der Waals surface area (Å²) in [6, 6.07) is 16.4. The van der Waals surface area contributed by atoms with Gasteiger partial charge in [-0.1, -0.05) is 23.7 Å². The quantitative estimate of drug-likeness (QED) is 0.467. The van der Waals surface area contributed by atoms with Crippen LogP contribution in [0.2, 0.25) is 5.02 Å². The van der Waals surface area contributed by atoms with Crippen LogP contribution in [0.1, 0.15) is 15.9 Å². The van der Waals surface area contributed by atoms with E-state index in [1.807, 2.05) is 0 Å². The van der Waals surface area contributed by atoms with Crippen molar-refractivity contribution in [3.63, 3.8) is 0 Å². The van der Waals surface area contributed by atoms with Gasteiger partial charge in [0.1, 0.15) is 11.5 Å². The number of esters is 1. The highest BCUT2D eigenvalue weighted by Gasteiger charge is 2.31. The zero-order valence-electron chi connectivity index (χ0n) is 15.1. The molecule has 0 atom stereocenters. The van der Waals surface area contributed by atoms with Crippen LogP contribution >= 0.6 is 11.6 Å². The topological polar surface area (TPSA) is 47.6 Å². The van der Waals surface area contributed by atoms with Gasteiger partial charge in [-0.05, 0) is 54.6 Å². The first-order chi connectivity index (χ1) is 13.8. The molecule has 0 amide bonds. The average molecular weight is 422 g/mol. The Morgan fingerprint density at radius 2 is 1.69 bits per heavy atom. The minimum absolute atomic E-state index is 0.108. The number of hydrogen-bond acceptors (Lipinski definition) is 4. The third-order valence-corrected chi connectivity index (χ3v) is 4.25. The summed E-state index contributed by atoms with van der Waals surface area (Å²) < 4.78 is 48.5. The second-order valence-corrected chi connectivity index (χ2v) is 6.34. The number of halogens is 4. The molecule has 3 aromatic rings. The molecule has 0 unspecified atom stereocenters. The van der Waals surface area contributed by atoms with Crippen LogP contribution in [0, 0.1) is 0 Å². The number of nitrogens with one attached hydrogen (secondary N) is 1. The van der Waals surface area contributed by atoms with Crippen LogP contribution in [0.25, 0.3) is 0 Å². The summed E-state index contributed by atoms with van der Waals surface area (Å²) in [5.74, 6) is 0.0277. The summed E-state index contributed by atoms with van der Waals surface area (Å²) in [6.07, 6.45) is -4.48. The third-order valence-electron chi connectivity index (χ3n) is 3.95. The number of rotatable bonds is 5. The van der Waals surface area contributed by atoms with Gasteiger partial charge in [-0.2, -0.15) is 13.2 Å². The molecule has 1 N–H and O–H groups in total. The van der Waals surface area contributed by atoms with Crippen LogP contribution in [0.4, 0.5) is 24.5 Å². The van der Waals surface area contributed by atoms with Gasteiger partial charge in [0, 0.05) is 5.69 Å². The highest BCUT2D eigenvalue weighted by molar-refractivity contribution is 6.32. The van der Waals surface area contributed by atoms with Crippen molar-refractivity contribution >= 4 is 28.9 Å². The molecular formula is C21H15ClF3NO3. The number of methoxy groups -OCH3 is 1. The Labute approximate surface area is 169 Å². The molecule has 0 fully saturated rings. The van der Waals surface area contributed by atoms with Crippen molar-refractivity contribution in [2.75, 3.05) is 12.4 Å². The number of alkyl halides is 3.